The van der Waals surface area contributed by atoms with Crippen LogP contribution in [0.2, 0.25) is 0 Å². The van der Waals surface area contributed by atoms with Crippen molar-refractivity contribution in [3.05, 3.63) is 0 Å². The molecule has 0 bridgehead atoms. The molecule has 4 nitrogen and oxygen atoms in total. The average Bonchev–Trinajstić information content (AvgIpc) is 2.66. The Bertz CT molecular complexity index is 447. The fourth-order valence-corrected chi connectivity index (χ4v) is 3.74. The van der Waals surface area contributed by atoms with Crippen molar-refractivity contribution in [1.29, 1.82) is 0 Å². The first-order valence-corrected chi connectivity index (χ1v) is 8.46. The van der Waals surface area contributed by atoms with Crippen LogP contribution in [0.4, 0.5) is 13.2 Å². The van der Waals surface area contributed by atoms with E-state index in [-0.39, 0.29) is 12.1 Å². The fraction of sp³-hybridized carbons (Fsp3) is 0.917. The van der Waals surface area contributed by atoms with Crippen molar-refractivity contribution < 1.29 is 26.4 Å². The number of nitrogens with zero attached hydrogens (tertiary/aromatic N) is 1. The van der Waals surface area contributed by atoms with Gasteiger partial charge in [-0.2, -0.15) is 13.2 Å². The molecule has 0 saturated carbocycles. The highest BCUT2D eigenvalue weighted by molar-refractivity contribution is 7.92. The Hall–Kier alpha value is -0.790. The maximum atomic E-state index is 12.0. The van der Waals surface area contributed by atoms with Gasteiger partial charge < -0.3 is 4.90 Å². The third-order valence-electron chi connectivity index (χ3n) is 3.59. The quantitative estimate of drug-likeness (QED) is 0.781. The molecule has 1 saturated heterocycles. The lowest BCUT2D eigenvalue weighted by molar-refractivity contribution is -0.132. The van der Waals surface area contributed by atoms with Crippen LogP contribution in [0.15, 0.2) is 0 Å². The van der Waals surface area contributed by atoms with Gasteiger partial charge in [0.15, 0.2) is 9.84 Å². The molecule has 1 heterocycles. The number of carbonyl (C=O) groups is 1. The van der Waals surface area contributed by atoms with E-state index in [1.54, 1.807) is 0 Å². The van der Waals surface area contributed by atoms with Gasteiger partial charge in [-0.15, -0.1) is 0 Å². The first kappa shape index (κ1) is 17.3. The molecule has 1 aliphatic rings. The Morgan fingerprint density at radius 3 is 2.40 bits per heavy atom. The summed E-state index contributed by atoms with van der Waals surface area (Å²) in [5.41, 5.74) is 0. The average molecular weight is 315 g/mol. The molecule has 1 amide bonds. The molecule has 1 fully saturated rings. The maximum absolute atomic E-state index is 12.0. The van der Waals surface area contributed by atoms with E-state index in [2.05, 4.69) is 0 Å². The van der Waals surface area contributed by atoms with Crippen LogP contribution in [-0.4, -0.2) is 49.0 Å². The number of sulfone groups is 1. The summed E-state index contributed by atoms with van der Waals surface area (Å²) in [6.07, 6.45) is -3.60. The van der Waals surface area contributed by atoms with Gasteiger partial charge in [-0.05, 0) is 26.2 Å². The van der Waals surface area contributed by atoms with E-state index in [0.717, 1.165) is 19.3 Å². The molecule has 0 radical (unpaired) electrons. The van der Waals surface area contributed by atoms with Gasteiger partial charge >= 0.3 is 6.18 Å². The van der Waals surface area contributed by atoms with E-state index < -0.39 is 39.8 Å². The highest BCUT2D eigenvalue weighted by Crippen LogP contribution is 2.26. The summed E-state index contributed by atoms with van der Waals surface area (Å²) in [5, 5.41) is 0. The second kappa shape index (κ2) is 6.32. The summed E-state index contributed by atoms with van der Waals surface area (Å²) in [7, 11) is -4.02. The van der Waals surface area contributed by atoms with Gasteiger partial charge in [-0.3, -0.25) is 4.79 Å². The molecule has 1 rings (SSSR count). The number of hydrogen-bond donors (Lipinski definition) is 0. The molecule has 0 aromatic carbocycles. The van der Waals surface area contributed by atoms with E-state index in [4.69, 9.17) is 0 Å². The van der Waals surface area contributed by atoms with Crippen LogP contribution in [0, 0.1) is 0 Å². The van der Waals surface area contributed by atoms with Gasteiger partial charge in [0.05, 0.1) is 12.2 Å². The molecule has 1 aliphatic heterocycles. The topological polar surface area (TPSA) is 54.5 Å². The van der Waals surface area contributed by atoms with Crippen LogP contribution in [0.1, 0.15) is 39.5 Å². The third-order valence-corrected chi connectivity index (χ3v) is 5.10. The van der Waals surface area contributed by atoms with E-state index in [1.807, 2.05) is 13.8 Å². The Morgan fingerprint density at radius 1 is 1.30 bits per heavy atom. The van der Waals surface area contributed by atoms with Crippen molar-refractivity contribution >= 4 is 15.7 Å². The Kier molecular flexibility index (Phi) is 5.46. The summed E-state index contributed by atoms with van der Waals surface area (Å²) in [6.45, 7) is 3.73. The second-order valence-electron chi connectivity index (χ2n) is 5.25. The highest BCUT2D eigenvalue weighted by atomic mass is 32.2. The van der Waals surface area contributed by atoms with Crippen molar-refractivity contribution in [2.45, 2.75) is 57.8 Å². The lowest BCUT2D eigenvalue weighted by atomic mass is 10.1. The van der Waals surface area contributed by atoms with E-state index >= 15 is 0 Å². The highest BCUT2D eigenvalue weighted by Gasteiger charge is 2.36. The molecule has 0 aromatic rings. The normalized spacial score (nSPS) is 24.1. The van der Waals surface area contributed by atoms with Gasteiger partial charge in [-0.1, -0.05) is 6.92 Å². The third kappa shape index (κ3) is 4.96. The summed E-state index contributed by atoms with van der Waals surface area (Å²) in [5.74, 6) is -2.44. The van der Waals surface area contributed by atoms with Crippen molar-refractivity contribution in [3.8, 4) is 0 Å². The lowest BCUT2D eigenvalue weighted by Gasteiger charge is -2.28. The summed E-state index contributed by atoms with van der Waals surface area (Å²) >= 11 is 0. The molecule has 20 heavy (non-hydrogen) atoms. The molecule has 2 unspecified atom stereocenters. The minimum absolute atomic E-state index is 0.00434. The minimum Gasteiger partial charge on any atom is -0.336 e. The first-order chi connectivity index (χ1) is 9.06. The number of carbonyl (C=O) groups excluding carboxylic acids is 1. The Morgan fingerprint density at radius 2 is 1.90 bits per heavy atom. The summed E-state index contributed by atoms with van der Waals surface area (Å²) < 4.78 is 59.3. The minimum atomic E-state index is -4.52. The van der Waals surface area contributed by atoms with Crippen LogP contribution in [0.3, 0.4) is 0 Å². The van der Waals surface area contributed by atoms with Crippen LogP contribution < -0.4 is 0 Å². The van der Waals surface area contributed by atoms with Crippen molar-refractivity contribution in [2.75, 3.05) is 11.5 Å². The fourth-order valence-electron chi connectivity index (χ4n) is 2.53. The molecule has 0 N–H and O–H groups in total. The van der Waals surface area contributed by atoms with Crippen molar-refractivity contribution in [1.82, 2.24) is 4.90 Å². The molecule has 8 heteroatoms. The zero-order valence-corrected chi connectivity index (χ0v) is 12.4. The van der Waals surface area contributed by atoms with Gasteiger partial charge in [0, 0.05) is 12.1 Å². The number of rotatable bonds is 5. The molecule has 118 valence electrons. The van der Waals surface area contributed by atoms with Crippen LogP contribution in [0.25, 0.3) is 0 Å². The summed E-state index contributed by atoms with van der Waals surface area (Å²) in [4.78, 5) is 13.5. The molecule has 0 spiro atoms. The molecular formula is C12H20F3NO3S. The molecule has 0 aromatic heterocycles. The number of halogens is 3. The van der Waals surface area contributed by atoms with Gasteiger partial charge in [0.1, 0.15) is 5.75 Å². The SMILES string of the molecule is CCC1CCC(C)N1C(=O)CS(=O)(=O)CCC(F)(F)F. The largest absolute Gasteiger partial charge is 0.390 e. The van der Waals surface area contributed by atoms with Crippen LogP contribution in [-0.2, 0) is 14.6 Å². The van der Waals surface area contributed by atoms with E-state index in [1.165, 1.54) is 4.90 Å². The maximum Gasteiger partial charge on any atom is 0.390 e. The lowest BCUT2D eigenvalue weighted by Crippen LogP contribution is -2.43. The smallest absolute Gasteiger partial charge is 0.336 e. The monoisotopic (exact) mass is 315 g/mol. The van der Waals surface area contributed by atoms with Gasteiger partial charge in [-0.25, -0.2) is 8.42 Å². The predicted molar refractivity (Wildman–Crippen MR) is 68.9 cm³/mol. The van der Waals surface area contributed by atoms with Crippen molar-refractivity contribution in [3.63, 3.8) is 0 Å². The summed E-state index contributed by atoms with van der Waals surface area (Å²) in [6, 6.07) is -0.0550. The number of likely N-dealkylation sites (tertiary alicyclic amines) is 1. The van der Waals surface area contributed by atoms with E-state index in [9.17, 15) is 26.4 Å². The molecular weight excluding hydrogens is 295 g/mol. The zero-order chi connectivity index (χ0) is 15.6. The standard InChI is InChI=1S/C12H20F3NO3S/c1-3-10-5-4-9(2)16(10)11(17)8-20(18,19)7-6-12(13,14)15/h9-10H,3-8H2,1-2H3. The predicted octanol–water partition coefficient (Wildman–Crippen LogP) is 2.14. The van der Waals surface area contributed by atoms with Crippen molar-refractivity contribution in [2.24, 2.45) is 0 Å². The number of alkyl halides is 3. The first-order valence-electron chi connectivity index (χ1n) is 6.64. The number of amides is 1. The molecule has 0 aliphatic carbocycles. The van der Waals surface area contributed by atoms with Gasteiger partial charge in [0.25, 0.3) is 0 Å². The van der Waals surface area contributed by atoms with Crippen LogP contribution in [0.5, 0.6) is 0 Å². The number of hydrogen-bond acceptors (Lipinski definition) is 3. The Balaban J connectivity index is 2.65. The second-order valence-corrected chi connectivity index (χ2v) is 7.43. The Labute approximate surface area is 117 Å². The van der Waals surface area contributed by atoms with E-state index in [0.29, 0.717) is 0 Å². The van der Waals surface area contributed by atoms with Gasteiger partial charge in [0.2, 0.25) is 5.91 Å². The molecule has 2 atom stereocenters. The zero-order valence-electron chi connectivity index (χ0n) is 11.6. The van der Waals surface area contributed by atoms with Crippen LogP contribution >= 0.6 is 0 Å².